The Morgan fingerprint density at radius 2 is 1.40 bits per heavy atom. The lowest BCUT2D eigenvalue weighted by molar-refractivity contribution is -0.0302. The molecule has 0 spiro atoms. The van der Waals surface area contributed by atoms with Gasteiger partial charge >= 0.3 is 12.3 Å². The Labute approximate surface area is 83.8 Å². The third-order valence-corrected chi connectivity index (χ3v) is 2.25. The van der Waals surface area contributed by atoms with Crippen molar-refractivity contribution in [2.75, 3.05) is 0 Å². The highest BCUT2D eigenvalue weighted by atomic mass is 16.7. The third kappa shape index (κ3) is 1.73. The van der Waals surface area contributed by atoms with Crippen molar-refractivity contribution in [2.45, 2.75) is 24.4 Å². The van der Waals surface area contributed by atoms with Gasteiger partial charge in [0.15, 0.2) is 12.2 Å². The van der Waals surface area contributed by atoms with Crippen LogP contribution in [-0.2, 0) is 14.2 Å². The Bertz CT molecular complexity index is 293. The lowest BCUT2D eigenvalue weighted by Crippen LogP contribution is -2.41. The van der Waals surface area contributed by atoms with Gasteiger partial charge in [-0.3, -0.25) is 0 Å². The van der Waals surface area contributed by atoms with E-state index >= 15 is 0 Å². The van der Waals surface area contributed by atoms with Crippen LogP contribution in [-0.4, -0.2) is 46.9 Å². The van der Waals surface area contributed by atoms with E-state index < -0.39 is 36.7 Å². The first-order valence-corrected chi connectivity index (χ1v) is 4.21. The van der Waals surface area contributed by atoms with E-state index in [1.807, 2.05) is 0 Å². The SMILES string of the molecule is O=C(O)OC1C2C=CC(O2)C1OC(=O)O. The number of rotatable bonds is 2. The van der Waals surface area contributed by atoms with Gasteiger partial charge < -0.3 is 24.4 Å². The summed E-state index contributed by atoms with van der Waals surface area (Å²) < 4.78 is 14.2. The standard InChI is InChI=1S/C8H8O7/c9-7(10)14-5-3-1-2-4(13-3)6(5)15-8(11)12/h1-6H,(H,9,10)(H,11,12). The summed E-state index contributed by atoms with van der Waals surface area (Å²) in [5, 5.41) is 16.9. The molecule has 0 aromatic heterocycles. The van der Waals surface area contributed by atoms with Crippen molar-refractivity contribution in [3.63, 3.8) is 0 Å². The zero-order valence-electron chi connectivity index (χ0n) is 7.40. The fourth-order valence-electron chi connectivity index (χ4n) is 1.74. The Kier molecular flexibility index (Phi) is 2.24. The molecule has 2 aliphatic heterocycles. The number of hydrogen-bond donors (Lipinski definition) is 2. The molecule has 4 unspecified atom stereocenters. The van der Waals surface area contributed by atoms with Crippen LogP contribution in [0.2, 0.25) is 0 Å². The van der Waals surface area contributed by atoms with Gasteiger partial charge in [0.1, 0.15) is 12.2 Å². The molecule has 4 atom stereocenters. The minimum Gasteiger partial charge on any atom is -0.450 e. The van der Waals surface area contributed by atoms with Crippen LogP contribution >= 0.6 is 0 Å². The summed E-state index contributed by atoms with van der Waals surface area (Å²) in [6, 6.07) is 0. The highest BCUT2D eigenvalue weighted by Gasteiger charge is 2.51. The van der Waals surface area contributed by atoms with Crippen molar-refractivity contribution >= 4 is 12.3 Å². The van der Waals surface area contributed by atoms with E-state index in [2.05, 4.69) is 9.47 Å². The largest absolute Gasteiger partial charge is 0.506 e. The zero-order chi connectivity index (χ0) is 11.0. The maximum atomic E-state index is 10.4. The summed E-state index contributed by atoms with van der Waals surface area (Å²) >= 11 is 0. The Morgan fingerprint density at radius 3 is 1.73 bits per heavy atom. The van der Waals surface area contributed by atoms with Crippen molar-refractivity contribution in [1.82, 2.24) is 0 Å². The monoisotopic (exact) mass is 216 g/mol. The molecule has 0 saturated carbocycles. The smallest absolute Gasteiger partial charge is 0.450 e. The average Bonchev–Trinajstić information content (AvgIpc) is 2.67. The van der Waals surface area contributed by atoms with Gasteiger partial charge in [-0.15, -0.1) is 0 Å². The molecular weight excluding hydrogens is 208 g/mol. The molecule has 2 aliphatic rings. The van der Waals surface area contributed by atoms with Crippen LogP contribution in [0.1, 0.15) is 0 Å². The predicted molar refractivity (Wildman–Crippen MR) is 43.6 cm³/mol. The van der Waals surface area contributed by atoms with E-state index in [9.17, 15) is 9.59 Å². The normalized spacial score (nSPS) is 36.5. The maximum absolute atomic E-state index is 10.4. The van der Waals surface area contributed by atoms with Crippen molar-refractivity contribution in [1.29, 1.82) is 0 Å². The molecule has 0 aromatic rings. The van der Waals surface area contributed by atoms with E-state index in [0.717, 1.165) is 0 Å². The van der Waals surface area contributed by atoms with Crippen molar-refractivity contribution in [2.24, 2.45) is 0 Å². The van der Waals surface area contributed by atoms with Gasteiger partial charge in [0, 0.05) is 0 Å². The van der Waals surface area contributed by atoms with E-state index in [1.54, 1.807) is 12.2 Å². The maximum Gasteiger partial charge on any atom is 0.506 e. The van der Waals surface area contributed by atoms with Crippen LogP contribution in [0, 0.1) is 0 Å². The van der Waals surface area contributed by atoms with Crippen LogP contribution in [0.25, 0.3) is 0 Å². The topological polar surface area (TPSA) is 102 Å². The van der Waals surface area contributed by atoms with Crippen LogP contribution in [0.4, 0.5) is 9.59 Å². The number of fused-ring (bicyclic) bond motifs is 2. The van der Waals surface area contributed by atoms with E-state index in [1.165, 1.54) is 0 Å². The molecule has 2 bridgehead atoms. The van der Waals surface area contributed by atoms with E-state index in [0.29, 0.717) is 0 Å². The molecule has 1 fully saturated rings. The van der Waals surface area contributed by atoms with E-state index in [-0.39, 0.29) is 0 Å². The zero-order valence-corrected chi connectivity index (χ0v) is 7.40. The summed E-state index contributed by atoms with van der Waals surface area (Å²) in [6.07, 6.45) is -2.68. The number of hydrogen-bond acceptors (Lipinski definition) is 5. The van der Waals surface area contributed by atoms with Gasteiger partial charge in [0.25, 0.3) is 0 Å². The molecule has 0 amide bonds. The molecular formula is C8H8O7. The second kappa shape index (κ2) is 3.43. The molecule has 82 valence electrons. The van der Waals surface area contributed by atoms with Gasteiger partial charge in [-0.05, 0) is 0 Å². The Morgan fingerprint density at radius 1 is 1.00 bits per heavy atom. The Hall–Kier alpha value is -1.76. The van der Waals surface area contributed by atoms with Crippen molar-refractivity contribution in [3.05, 3.63) is 12.2 Å². The van der Waals surface area contributed by atoms with E-state index in [4.69, 9.17) is 14.9 Å². The second-order valence-electron chi connectivity index (χ2n) is 3.15. The van der Waals surface area contributed by atoms with Crippen LogP contribution < -0.4 is 0 Å². The summed E-state index contributed by atoms with van der Waals surface area (Å²) in [7, 11) is 0. The predicted octanol–water partition coefficient (Wildman–Crippen LogP) is 0.450. The lowest BCUT2D eigenvalue weighted by atomic mass is 10.0. The summed E-state index contributed by atoms with van der Waals surface area (Å²) in [5.41, 5.74) is 0. The number of ether oxygens (including phenoxy) is 3. The third-order valence-electron chi connectivity index (χ3n) is 2.25. The number of carbonyl (C=O) groups is 2. The summed E-state index contributed by atoms with van der Waals surface area (Å²) in [4.78, 5) is 20.7. The fraction of sp³-hybridized carbons (Fsp3) is 0.500. The molecule has 7 heteroatoms. The molecule has 0 aromatic carbocycles. The molecule has 0 aliphatic carbocycles. The quantitative estimate of drug-likeness (QED) is 0.510. The van der Waals surface area contributed by atoms with Gasteiger partial charge in [0.2, 0.25) is 0 Å². The molecule has 0 radical (unpaired) electrons. The minimum absolute atomic E-state index is 0.560. The Balaban J connectivity index is 2.09. The molecule has 1 saturated heterocycles. The molecule has 2 rings (SSSR count). The highest BCUT2D eigenvalue weighted by Crippen LogP contribution is 2.33. The first-order chi connectivity index (χ1) is 7.08. The highest BCUT2D eigenvalue weighted by molar-refractivity contribution is 5.59. The van der Waals surface area contributed by atoms with Crippen molar-refractivity contribution in [3.8, 4) is 0 Å². The van der Waals surface area contributed by atoms with Gasteiger partial charge in [-0.2, -0.15) is 0 Å². The van der Waals surface area contributed by atoms with Gasteiger partial charge in [-0.1, -0.05) is 12.2 Å². The first-order valence-electron chi connectivity index (χ1n) is 4.21. The molecule has 2 heterocycles. The number of carboxylic acid groups (broad SMARTS) is 2. The first kappa shape index (κ1) is 9.78. The minimum atomic E-state index is -1.48. The summed E-state index contributed by atoms with van der Waals surface area (Å²) in [6.45, 7) is 0. The van der Waals surface area contributed by atoms with Crippen LogP contribution in [0.3, 0.4) is 0 Å². The summed E-state index contributed by atoms with van der Waals surface area (Å²) in [5.74, 6) is 0. The van der Waals surface area contributed by atoms with Gasteiger partial charge in [0.05, 0.1) is 0 Å². The fourth-order valence-corrected chi connectivity index (χ4v) is 1.74. The van der Waals surface area contributed by atoms with Gasteiger partial charge in [-0.25, -0.2) is 9.59 Å². The van der Waals surface area contributed by atoms with Crippen LogP contribution in [0.5, 0.6) is 0 Å². The second-order valence-corrected chi connectivity index (χ2v) is 3.15. The average molecular weight is 216 g/mol. The lowest BCUT2D eigenvalue weighted by Gasteiger charge is -2.22. The molecule has 15 heavy (non-hydrogen) atoms. The van der Waals surface area contributed by atoms with Crippen molar-refractivity contribution < 1.29 is 34.0 Å². The molecule has 2 N–H and O–H groups in total. The van der Waals surface area contributed by atoms with Crippen LogP contribution in [0.15, 0.2) is 12.2 Å². The molecule has 7 nitrogen and oxygen atoms in total.